The molecule has 0 saturated carbocycles. The van der Waals surface area contributed by atoms with Crippen LogP contribution in [0, 0.1) is 5.41 Å². The van der Waals surface area contributed by atoms with Crippen LogP contribution in [-0.2, 0) is 4.74 Å². The van der Waals surface area contributed by atoms with Gasteiger partial charge < -0.3 is 15.2 Å². The number of carbonyl (C=O) groups excluding carboxylic acids is 1. The molecular formula is C11H23NO3. The summed E-state index contributed by atoms with van der Waals surface area (Å²) in [5.74, 6) is 0. The van der Waals surface area contributed by atoms with Crippen LogP contribution in [0.1, 0.15) is 41.0 Å². The Morgan fingerprint density at radius 3 is 2.20 bits per heavy atom. The van der Waals surface area contributed by atoms with Gasteiger partial charge in [-0.15, -0.1) is 0 Å². The van der Waals surface area contributed by atoms with Gasteiger partial charge in [-0.2, -0.15) is 0 Å². The van der Waals surface area contributed by atoms with E-state index < -0.39 is 11.7 Å². The Morgan fingerprint density at radius 1 is 1.27 bits per heavy atom. The summed E-state index contributed by atoms with van der Waals surface area (Å²) in [4.78, 5) is 11.2. The van der Waals surface area contributed by atoms with Crippen molar-refractivity contribution in [3.63, 3.8) is 0 Å². The molecule has 0 aromatic heterocycles. The lowest BCUT2D eigenvalue weighted by atomic mass is 9.91. The molecule has 1 amide bonds. The van der Waals surface area contributed by atoms with E-state index in [0.29, 0.717) is 6.54 Å². The van der Waals surface area contributed by atoms with Gasteiger partial charge in [0.2, 0.25) is 0 Å². The average Bonchev–Trinajstić information content (AvgIpc) is 2.00. The second kappa shape index (κ2) is 5.35. The summed E-state index contributed by atoms with van der Waals surface area (Å²) in [5, 5.41) is 11.7. The third kappa shape index (κ3) is 8.24. The lowest BCUT2D eigenvalue weighted by molar-refractivity contribution is 0.0515. The van der Waals surface area contributed by atoms with E-state index in [1.807, 2.05) is 34.6 Å². The summed E-state index contributed by atoms with van der Waals surface area (Å²) in [6, 6.07) is 0. The molecule has 0 spiro atoms. The normalized spacial score (nSPS) is 12.4. The van der Waals surface area contributed by atoms with Crippen molar-refractivity contribution in [2.75, 3.05) is 13.2 Å². The van der Waals surface area contributed by atoms with E-state index in [9.17, 15) is 4.79 Å². The fraction of sp³-hybridized carbons (Fsp3) is 0.909. The van der Waals surface area contributed by atoms with Crippen molar-refractivity contribution in [2.24, 2.45) is 5.41 Å². The molecule has 0 aromatic carbocycles. The Balaban J connectivity index is 3.74. The van der Waals surface area contributed by atoms with Crippen molar-refractivity contribution in [2.45, 2.75) is 46.6 Å². The van der Waals surface area contributed by atoms with Crippen molar-refractivity contribution >= 4 is 6.09 Å². The molecule has 0 bridgehead atoms. The molecule has 0 aliphatic heterocycles. The number of hydrogen-bond donors (Lipinski definition) is 2. The van der Waals surface area contributed by atoms with Crippen LogP contribution >= 0.6 is 0 Å². The molecule has 90 valence electrons. The van der Waals surface area contributed by atoms with Gasteiger partial charge in [0.1, 0.15) is 5.60 Å². The monoisotopic (exact) mass is 217 g/mol. The Morgan fingerprint density at radius 2 is 1.80 bits per heavy atom. The highest BCUT2D eigenvalue weighted by Crippen LogP contribution is 2.17. The van der Waals surface area contributed by atoms with E-state index in [0.717, 1.165) is 6.42 Å². The molecule has 4 heteroatoms. The van der Waals surface area contributed by atoms with Gasteiger partial charge in [0.05, 0.1) is 0 Å². The number of hydrogen-bond acceptors (Lipinski definition) is 3. The molecule has 0 radical (unpaired) electrons. The number of aliphatic hydroxyl groups is 1. The highest BCUT2D eigenvalue weighted by atomic mass is 16.6. The SMILES string of the molecule is CC(C)(CO)CCNC(=O)OC(C)(C)C. The summed E-state index contributed by atoms with van der Waals surface area (Å²) in [7, 11) is 0. The van der Waals surface area contributed by atoms with E-state index in [-0.39, 0.29) is 12.0 Å². The smallest absolute Gasteiger partial charge is 0.407 e. The van der Waals surface area contributed by atoms with Gasteiger partial charge in [0, 0.05) is 13.2 Å². The first kappa shape index (κ1) is 14.2. The predicted molar refractivity (Wildman–Crippen MR) is 59.7 cm³/mol. The van der Waals surface area contributed by atoms with Gasteiger partial charge in [-0.05, 0) is 32.6 Å². The number of nitrogens with one attached hydrogen (secondary N) is 1. The molecule has 0 aliphatic rings. The molecule has 2 N–H and O–H groups in total. The van der Waals surface area contributed by atoms with Crippen LogP contribution in [0.25, 0.3) is 0 Å². The number of aliphatic hydroxyl groups excluding tert-OH is 1. The van der Waals surface area contributed by atoms with Gasteiger partial charge in [-0.25, -0.2) is 4.79 Å². The highest BCUT2D eigenvalue weighted by molar-refractivity contribution is 5.67. The lowest BCUT2D eigenvalue weighted by Gasteiger charge is -2.23. The maximum Gasteiger partial charge on any atom is 0.407 e. The van der Waals surface area contributed by atoms with Crippen molar-refractivity contribution < 1.29 is 14.6 Å². The molecule has 0 aliphatic carbocycles. The van der Waals surface area contributed by atoms with E-state index >= 15 is 0 Å². The van der Waals surface area contributed by atoms with E-state index in [1.165, 1.54) is 0 Å². The summed E-state index contributed by atoms with van der Waals surface area (Å²) in [5.41, 5.74) is -0.619. The molecule has 4 nitrogen and oxygen atoms in total. The summed E-state index contributed by atoms with van der Waals surface area (Å²) in [6.45, 7) is 10.00. The zero-order valence-electron chi connectivity index (χ0n) is 10.4. The van der Waals surface area contributed by atoms with Crippen molar-refractivity contribution in [1.29, 1.82) is 0 Å². The van der Waals surface area contributed by atoms with Crippen LogP contribution in [0.4, 0.5) is 4.79 Å². The molecule has 0 rings (SSSR count). The zero-order chi connectivity index (χ0) is 12.1. The van der Waals surface area contributed by atoms with Crippen LogP contribution in [0.3, 0.4) is 0 Å². The van der Waals surface area contributed by atoms with E-state index in [1.54, 1.807) is 0 Å². The topological polar surface area (TPSA) is 58.6 Å². The third-order valence-corrected chi connectivity index (χ3v) is 1.90. The molecule has 0 aromatic rings. The van der Waals surface area contributed by atoms with Crippen LogP contribution in [-0.4, -0.2) is 30.0 Å². The quantitative estimate of drug-likeness (QED) is 0.756. The maximum atomic E-state index is 11.2. The highest BCUT2D eigenvalue weighted by Gasteiger charge is 2.18. The zero-order valence-corrected chi connectivity index (χ0v) is 10.4. The minimum atomic E-state index is -0.462. The first-order valence-corrected chi connectivity index (χ1v) is 5.24. The second-order valence-corrected chi connectivity index (χ2v) is 5.50. The van der Waals surface area contributed by atoms with Crippen LogP contribution < -0.4 is 5.32 Å². The molecule has 0 unspecified atom stereocenters. The van der Waals surface area contributed by atoms with Crippen LogP contribution in [0.15, 0.2) is 0 Å². The maximum absolute atomic E-state index is 11.2. The summed E-state index contributed by atoms with van der Waals surface area (Å²) >= 11 is 0. The third-order valence-electron chi connectivity index (χ3n) is 1.90. The molecule has 0 fully saturated rings. The van der Waals surface area contributed by atoms with E-state index in [4.69, 9.17) is 9.84 Å². The fourth-order valence-electron chi connectivity index (χ4n) is 0.896. The Hall–Kier alpha value is -0.770. The number of amides is 1. The van der Waals surface area contributed by atoms with Crippen LogP contribution in [0.2, 0.25) is 0 Å². The standard InChI is InChI=1S/C11H23NO3/c1-10(2,3)15-9(14)12-7-6-11(4,5)8-13/h13H,6-8H2,1-5H3,(H,12,14). The molecule has 0 saturated heterocycles. The summed E-state index contributed by atoms with van der Waals surface area (Å²) < 4.78 is 5.07. The van der Waals surface area contributed by atoms with Gasteiger partial charge >= 0.3 is 6.09 Å². The van der Waals surface area contributed by atoms with Gasteiger partial charge in [-0.1, -0.05) is 13.8 Å². The average molecular weight is 217 g/mol. The minimum Gasteiger partial charge on any atom is -0.444 e. The Bertz CT molecular complexity index is 206. The number of ether oxygens (including phenoxy) is 1. The molecular weight excluding hydrogens is 194 g/mol. The first-order chi connectivity index (χ1) is 6.66. The van der Waals surface area contributed by atoms with Gasteiger partial charge in [0.25, 0.3) is 0 Å². The largest absolute Gasteiger partial charge is 0.444 e. The Labute approximate surface area is 92.0 Å². The fourth-order valence-corrected chi connectivity index (χ4v) is 0.896. The summed E-state index contributed by atoms with van der Waals surface area (Å²) in [6.07, 6.45) is 0.319. The molecule has 0 atom stereocenters. The van der Waals surface area contributed by atoms with Gasteiger partial charge in [0.15, 0.2) is 0 Å². The van der Waals surface area contributed by atoms with Crippen molar-refractivity contribution in [3.05, 3.63) is 0 Å². The molecule has 0 heterocycles. The van der Waals surface area contributed by atoms with Crippen LogP contribution in [0.5, 0.6) is 0 Å². The van der Waals surface area contributed by atoms with Crippen molar-refractivity contribution in [1.82, 2.24) is 5.32 Å². The Kier molecular flexibility index (Phi) is 5.08. The second-order valence-electron chi connectivity index (χ2n) is 5.50. The lowest BCUT2D eigenvalue weighted by Crippen LogP contribution is -2.34. The number of carbonyl (C=O) groups is 1. The number of alkyl carbamates (subject to hydrolysis) is 1. The van der Waals surface area contributed by atoms with Gasteiger partial charge in [-0.3, -0.25) is 0 Å². The van der Waals surface area contributed by atoms with Crippen molar-refractivity contribution in [3.8, 4) is 0 Å². The minimum absolute atomic E-state index is 0.114. The first-order valence-electron chi connectivity index (χ1n) is 5.24. The number of rotatable bonds is 4. The molecule has 15 heavy (non-hydrogen) atoms. The predicted octanol–water partition coefficient (Wildman–Crippen LogP) is 1.92. The van der Waals surface area contributed by atoms with E-state index in [2.05, 4.69) is 5.32 Å².